The molecule has 0 amide bonds. The lowest BCUT2D eigenvalue weighted by Gasteiger charge is -2.19. The molecular weight excluding hydrogens is 210 g/mol. The van der Waals surface area contributed by atoms with Crippen LogP contribution in [0.1, 0.15) is 18.4 Å². The second-order valence-corrected chi connectivity index (χ2v) is 5.28. The topological polar surface area (TPSA) is 32.3 Å². The number of hydrogen-bond acceptors (Lipinski definition) is 2. The molecule has 1 aromatic rings. The first-order chi connectivity index (χ1) is 8.35. The second kappa shape index (κ2) is 4.53. The Morgan fingerprint density at radius 2 is 1.94 bits per heavy atom. The van der Waals surface area contributed by atoms with Gasteiger partial charge in [-0.15, -0.1) is 0 Å². The zero-order chi connectivity index (χ0) is 11.7. The van der Waals surface area contributed by atoms with Crippen LogP contribution >= 0.6 is 0 Å². The van der Waals surface area contributed by atoms with E-state index in [1.54, 1.807) is 0 Å². The lowest BCUT2D eigenvalue weighted by molar-refractivity contribution is 0.282. The molecule has 0 aliphatic heterocycles. The Bertz CT molecular complexity index is 409. The molecule has 0 radical (unpaired) electrons. The van der Waals surface area contributed by atoms with Gasteiger partial charge in [-0.2, -0.15) is 0 Å². The van der Waals surface area contributed by atoms with E-state index in [1.165, 1.54) is 12.8 Å². The van der Waals surface area contributed by atoms with Crippen LogP contribution in [0.4, 0.5) is 5.69 Å². The van der Waals surface area contributed by atoms with Gasteiger partial charge in [0, 0.05) is 12.2 Å². The van der Waals surface area contributed by atoms with E-state index in [0.29, 0.717) is 0 Å². The molecule has 2 aliphatic rings. The highest BCUT2D eigenvalue weighted by molar-refractivity contribution is 5.44. The number of benzene rings is 1. The Morgan fingerprint density at radius 1 is 1.12 bits per heavy atom. The van der Waals surface area contributed by atoms with Crippen molar-refractivity contribution < 1.29 is 5.11 Å². The molecule has 17 heavy (non-hydrogen) atoms. The van der Waals surface area contributed by atoms with Crippen molar-refractivity contribution in [2.75, 3.05) is 11.9 Å². The van der Waals surface area contributed by atoms with Gasteiger partial charge < -0.3 is 10.4 Å². The number of nitrogens with one attached hydrogen (secondary N) is 1. The Morgan fingerprint density at radius 3 is 2.53 bits per heavy atom. The molecular formula is C15H19NO. The average Bonchev–Trinajstić information content (AvgIpc) is 2.99. The predicted molar refractivity (Wildman–Crippen MR) is 69.7 cm³/mol. The summed E-state index contributed by atoms with van der Waals surface area (Å²) in [6.07, 6.45) is 7.51. The molecule has 1 fully saturated rings. The summed E-state index contributed by atoms with van der Waals surface area (Å²) in [4.78, 5) is 0. The van der Waals surface area contributed by atoms with Crippen LogP contribution in [-0.4, -0.2) is 11.7 Å². The first-order valence-electron chi connectivity index (χ1n) is 6.47. The molecule has 2 aliphatic carbocycles. The molecule has 0 heterocycles. The minimum atomic E-state index is 0.122. The Hall–Kier alpha value is -1.28. The molecule has 2 N–H and O–H groups in total. The van der Waals surface area contributed by atoms with Crippen LogP contribution in [-0.2, 0) is 6.61 Å². The van der Waals surface area contributed by atoms with E-state index in [9.17, 15) is 0 Å². The van der Waals surface area contributed by atoms with Crippen molar-refractivity contribution in [3.8, 4) is 0 Å². The fourth-order valence-corrected chi connectivity index (χ4v) is 3.11. The Balaban J connectivity index is 1.55. The van der Waals surface area contributed by atoms with Gasteiger partial charge in [-0.1, -0.05) is 24.3 Å². The molecule has 3 unspecified atom stereocenters. The third kappa shape index (κ3) is 2.22. The minimum absolute atomic E-state index is 0.122. The zero-order valence-electron chi connectivity index (χ0n) is 9.97. The van der Waals surface area contributed by atoms with Gasteiger partial charge in [0.1, 0.15) is 0 Å². The molecule has 2 heteroatoms. The normalized spacial score (nSPS) is 29.8. The lowest BCUT2D eigenvalue weighted by Crippen LogP contribution is -2.18. The van der Waals surface area contributed by atoms with Gasteiger partial charge in [0.2, 0.25) is 0 Å². The van der Waals surface area contributed by atoms with Gasteiger partial charge >= 0.3 is 0 Å². The molecule has 0 aromatic heterocycles. The fraction of sp³-hybridized carbons (Fsp3) is 0.467. The van der Waals surface area contributed by atoms with E-state index in [2.05, 4.69) is 29.6 Å². The van der Waals surface area contributed by atoms with Gasteiger partial charge in [-0.25, -0.2) is 0 Å². The van der Waals surface area contributed by atoms with Gasteiger partial charge in [-0.3, -0.25) is 0 Å². The highest BCUT2D eigenvalue weighted by atomic mass is 16.3. The van der Waals surface area contributed by atoms with E-state index < -0.39 is 0 Å². The maximum Gasteiger partial charge on any atom is 0.0681 e. The fourth-order valence-electron chi connectivity index (χ4n) is 3.11. The predicted octanol–water partition coefficient (Wildman–Crippen LogP) is 2.80. The summed E-state index contributed by atoms with van der Waals surface area (Å²) in [6, 6.07) is 8.05. The van der Waals surface area contributed by atoms with E-state index in [0.717, 1.165) is 35.5 Å². The Labute approximate surface area is 102 Å². The van der Waals surface area contributed by atoms with Crippen molar-refractivity contribution in [3.05, 3.63) is 42.0 Å². The number of aliphatic hydroxyl groups excluding tert-OH is 1. The van der Waals surface area contributed by atoms with Crippen LogP contribution in [0.2, 0.25) is 0 Å². The van der Waals surface area contributed by atoms with Crippen molar-refractivity contribution in [2.24, 2.45) is 17.8 Å². The van der Waals surface area contributed by atoms with Gasteiger partial charge in [0.15, 0.2) is 0 Å². The number of rotatable bonds is 4. The van der Waals surface area contributed by atoms with Crippen molar-refractivity contribution in [1.82, 2.24) is 0 Å². The van der Waals surface area contributed by atoms with E-state index in [-0.39, 0.29) is 6.61 Å². The largest absolute Gasteiger partial charge is 0.392 e. The van der Waals surface area contributed by atoms with Crippen LogP contribution in [0.5, 0.6) is 0 Å². The summed E-state index contributed by atoms with van der Waals surface area (Å²) in [5.74, 6) is 2.47. The summed E-state index contributed by atoms with van der Waals surface area (Å²) in [7, 11) is 0. The Kier molecular flexibility index (Phi) is 2.89. The number of aliphatic hydroxyl groups is 1. The first kappa shape index (κ1) is 10.8. The standard InChI is InChI=1S/C15H19NO/c17-10-11-2-5-15(6-3-11)16-9-14-8-12-1-4-13(14)7-12/h1-6,12-14,16-17H,7-10H2. The summed E-state index contributed by atoms with van der Waals surface area (Å²) >= 11 is 0. The molecule has 2 nitrogen and oxygen atoms in total. The molecule has 3 atom stereocenters. The molecule has 3 rings (SSSR count). The summed E-state index contributed by atoms with van der Waals surface area (Å²) in [5.41, 5.74) is 2.13. The highest BCUT2D eigenvalue weighted by Crippen LogP contribution is 2.43. The minimum Gasteiger partial charge on any atom is -0.392 e. The molecule has 90 valence electrons. The number of allylic oxidation sites excluding steroid dienone is 2. The second-order valence-electron chi connectivity index (χ2n) is 5.28. The van der Waals surface area contributed by atoms with Crippen LogP contribution < -0.4 is 5.32 Å². The van der Waals surface area contributed by atoms with Gasteiger partial charge in [0.25, 0.3) is 0 Å². The van der Waals surface area contributed by atoms with Crippen LogP contribution in [0, 0.1) is 17.8 Å². The van der Waals surface area contributed by atoms with Crippen LogP contribution in [0.3, 0.4) is 0 Å². The SMILES string of the molecule is OCc1ccc(NCC2CC3C=CC2C3)cc1. The molecule has 2 bridgehead atoms. The van der Waals surface area contributed by atoms with Crippen molar-refractivity contribution >= 4 is 5.69 Å². The van der Waals surface area contributed by atoms with E-state index >= 15 is 0 Å². The molecule has 1 aromatic carbocycles. The molecule has 1 saturated carbocycles. The highest BCUT2D eigenvalue weighted by Gasteiger charge is 2.35. The number of fused-ring (bicyclic) bond motifs is 2. The number of hydrogen-bond donors (Lipinski definition) is 2. The van der Waals surface area contributed by atoms with Crippen molar-refractivity contribution in [3.63, 3.8) is 0 Å². The van der Waals surface area contributed by atoms with Gasteiger partial charge in [0.05, 0.1) is 6.61 Å². The van der Waals surface area contributed by atoms with E-state index in [1.807, 2.05) is 12.1 Å². The molecule has 0 spiro atoms. The quantitative estimate of drug-likeness (QED) is 0.778. The smallest absolute Gasteiger partial charge is 0.0681 e. The maximum atomic E-state index is 8.97. The summed E-state index contributed by atoms with van der Waals surface area (Å²) in [5, 5.41) is 12.5. The van der Waals surface area contributed by atoms with Crippen molar-refractivity contribution in [2.45, 2.75) is 19.4 Å². The summed E-state index contributed by atoms with van der Waals surface area (Å²) in [6.45, 7) is 1.20. The van der Waals surface area contributed by atoms with Crippen LogP contribution in [0.15, 0.2) is 36.4 Å². The molecule has 0 saturated heterocycles. The summed E-state index contributed by atoms with van der Waals surface area (Å²) < 4.78 is 0. The van der Waals surface area contributed by atoms with Crippen LogP contribution in [0.25, 0.3) is 0 Å². The number of anilines is 1. The zero-order valence-corrected chi connectivity index (χ0v) is 9.97. The first-order valence-corrected chi connectivity index (χ1v) is 6.47. The third-order valence-electron chi connectivity index (χ3n) is 4.12. The third-order valence-corrected chi connectivity index (χ3v) is 4.12. The lowest BCUT2D eigenvalue weighted by atomic mass is 9.93. The maximum absolute atomic E-state index is 8.97. The van der Waals surface area contributed by atoms with E-state index in [4.69, 9.17) is 5.11 Å². The monoisotopic (exact) mass is 229 g/mol. The van der Waals surface area contributed by atoms with Gasteiger partial charge in [-0.05, 0) is 48.3 Å². The average molecular weight is 229 g/mol. The van der Waals surface area contributed by atoms with Crippen molar-refractivity contribution in [1.29, 1.82) is 0 Å².